The molecular formula is C20H45O5Sn. The molecule has 0 aliphatic carbocycles. The summed E-state index contributed by atoms with van der Waals surface area (Å²) in [6.07, 6.45) is 9.32. The van der Waals surface area contributed by atoms with Crippen molar-refractivity contribution in [2.45, 2.75) is 98.8 Å². The third-order valence-corrected chi connectivity index (χ3v) is 2.49. The summed E-state index contributed by atoms with van der Waals surface area (Å²) in [5.41, 5.74) is 0. The van der Waals surface area contributed by atoms with Crippen molar-refractivity contribution in [1.29, 1.82) is 0 Å². The van der Waals surface area contributed by atoms with Crippen LogP contribution >= 0.6 is 0 Å². The van der Waals surface area contributed by atoms with Crippen LogP contribution in [0.4, 0.5) is 0 Å². The smallest absolute Gasteiger partial charge is 0.854 e. The molecule has 0 aromatic heterocycles. The van der Waals surface area contributed by atoms with E-state index < -0.39 is 0 Å². The van der Waals surface area contributed by atoms with E-state index in [1.165, 1.54) is 0 Å². The van der Waals surface area contributed by atoms with Crippen LogP contribution in [0.1, 0.15) is 98.8 Å². The number of rotatable bonds is 10. The molecule has 0 bridgehead atoms. The van der Waals surface area contributed by atoms with E-state index in [1.807, 2.05) is 34.6 Å². The third kappa shape index (κ3) is 122. The Morgan fingerprint density at radius 1 is 0.346 bits per heavy atom. The van der Waals surface area contributed by atoms with Crippen LogP contribution in [0.25, 0.3) is 0 Å². The fraction of sp³-hybridized carbons (Fsp3) is 1.00. The average Bonchev–Trinajstić information content (AvgIpc) is 2.61. The van der Waals surface area contributed by atoms with Gasteiger partial charge in [0.05, 0.1) is 0 Å². The van der Waals surface area contributed by atoms with E-state index in [9.17, 15) is 25.5 Å². The summed E-state index contributed by atoms with van der Waals surface area (Å²) in [6, 6.07) is 0. The first-order valence-electron chi connectivity index (χ1n) is 9.98. The molecule has 0 unspecified atom stereocenters. The van der Waals surface area contributed by atoms with Crippen molar-refractivity contribution in [3.63, 3.8) is 0 Å². The Kier molecular flexibility index (Phi) is 101. The third-order valence-electron chi connectivity index (χ3n) is 2.49. The first-order valence-corrected chi connectivity index (χ1v) is 9.98. The molecule has 9 radical (unpaired) electrons. The largest absolute Gasteiger partial charge is 5.00 e. The minimum Gasteiger partial charge on any atom is -0.854 e. The fourth-order valence-corrected chi connectivity index (χ4v) is 0.722. The van der Waals surface area contributed by atoms with Gasteiger partial charge in [0, 0.05) is 0 Å². The minimum atomic E-state index is 0. The van der Waals surface area contributed by atoms with E-state index >= 15 is 0 Å². The molecule has 0 fully saturated rings. The van der Waals surface area contributed by atoms with Crippen molar-refractivity contribution in [2.24, 2.45) is 0 Å². The molecule has 0 rings (SSSR count). The van der Waals surface area contributed by atoms with Crippen molar-refractivity contribution in [3.05, 3.63) is 0 Å². The Morgan fingerprint density at radius 2 is 0.462 bits per heavy atom. The van der Waals surface area contributed by atoms with Crippen LogP contribution in [-0.2, 0) is 0 Å². The summed E-state index contributed by atoms with van der Waals surface area (Å²) in [7, 11) is 0. The monoisotopic (exact) mass is 485 g/mol. The van der Waals surface area contributed by atoms with Gasteiger partial charge in [-0.2, -0.15) is 0 Å². The van der Waals surface area contributed by atoms with Gasteiger partial charge in [-0.25, -0.2) is 0 Å². The second-order valence-electron chi connectivity index (χ2n) is 5.29. The number of hydrogen-bond donors (Lipinski definition) is 0. The van der Waals surface area contributed by atoms with E-state index in [2.05, 4.69) is 0 Å². The maximum Gasteiger partial charge on any atom is 5.00 e. The number of hydrogen-bond acceptors (Lipinski definition) is 5. The van der Waals surface area contributed by atoms with Crippen molar-refractivity contribution in [1.82, 2.24) is 0 Å². The zero-order valence-corrected chi connectivity index (χ0v) is 21.0. The molecule has 0 saturated heterocycles. The molecule has 0 atom stereocenters. The van der Waals surface area contributed by atoms with Gasteiger partial charge >= 0.3 is 23.9 Å². The molecule has 0 heterocycles. The Morgan fingerprint density at radius 3 is 0.462 bits per heavy atom. The van der Waals surface area contributed by atoms with E-state index in [4.69, 9.17) is 0 Å². The Hall–Kier alpha value is 0.599. The SMILES string of the molecule is CCCC[O-].CCCC[O-].CCCC[O-].CCCC[O-].CCCC[O-].[Sn+5]. The molecule has 0 N–H and O–H groups in total. The van der Waals surface area contributed by atoms with Gasteiger partial charge < -0.3 is 25.5 Å². The maximum absolute atomic E-state index is 9.53. The molecule has 0 amide bonds. The van der Waals surface area contributed by atoms with Crippen molar-refractivity contribution >= 4 is 23.9 Å². The summed E-state index contributed by atoms with van der Waals surface area (Å²) in [5, 5.41) is 47.6. The first kappa shape index (κ1) is 41.1. The summed E-state index contributed by atoms with van der Waals surface area (Å²) >= 11 is 0. The quantitative estimate of drug-likeness (QED) is 0.415. The fourth-order valence-electron chi connectivity index (χ4n) is 0.722. The van der Waals surface area contributed by atoms with Crippen LogP contribution in [0, 0.1) is 0 Å². The molecular weight excluding hydrogens is 439 g/mol. The molecule has 0 aromatic carbocycles. The van der Waals surface area contributed by atoms with E-state index in [0.29, 0.717) is 0 Å². The molecule has 0 spiro atoms. The zero-order valence-electron chi connectivity index (χ0n) is 18.1. The van der Waals surface area contributed by atoms with E-state index in [1.54, 1.807) is 0 Å². The van der Waals surface area contributed by atoms with Crippen molar-refractivity contribution in [3.8, 4) is 0 Å². The summed E-state index contributed by atoms with van der Waals surface area (Å²) in [4.78, 5) is 0. The van der Waals surface area contributed by atoms with Gasteiger partial charge in [-0.3, -0.25) is 0 Å². The van der Waals surface area contributed by atoms with E-state index in [0.717, 1.165) is 64.2 Å². The molecule has 0 aliphatic rings. The maximum atomic E-state index is 9.53. The summed E-state index contributed by atoms with van der Waals surface area (Å²) in [5.74, 6) is 0. The van der Waals surface area contributed by atoms with Gasteiger partial charge in [0.25, 0.3) is 0 Å². The molecule has 0 aliphatic heterocycles. The second kappa shape index (κ2) is 63.7. The standard InChI is InChI=1S/5C4H9O.Sn/c5*1-2-3-4-5;/h5*2-4H2,1H3;/q5*-1;+5. The van der Waals surface area contributed by atoms with Gasteiger partial charge in [0.1, 0.15) is 0 Å². The minimum absolute atomic E-state index is 0. The summed E-state index contributed by atoms with van der Waals surface area (Å²) < 4.78 is 0. The topological polar surface area (TPSA) is 115 Å². The molecule has 0 saturated carbocycles. The molecule has 5 nitrogen and oxygen atoms in total. The Balaban J connectivity index is -0.0000000476. The molecule has 26 heavy (non-hydrogen) atoms. The van der Waals surface area contributed by atoms with Gasteiger partial charge in [0.2, 0.25) is 0 Å². The van der Waals surface area contributed by atoms with Gasteiger partial charge in [-0.1, -0.05) is 98.8 Å². The number of unbranched alkanes of at least 4 members (excludes halogenated alkanes) is 5. The Bertz CT molecular complexity index is 96.5. The van der Waals surface area contributed by atoms with Crippen LogP contribution in [0.2, 0.25) is 0 Å². The Labute approximate surface area is 181 Å². The molecule has 0 aromatic rings. The van der Waals surface area contributed by atoms with Crippen LogP contribution in [0.3, 0.4) is 0 Å². The summed E-state index contributed by atoms with van der Waals surface area (Å²) in [6.45, 7) is 10.5. The van der Waals surface area contributed by atoms with Gasteiger partial charge in [-0.05, 0) is 0 Å². The van der Waals surface area contributed by atoms with Crippen LogP contribution in [0.15, 0.2) is 0 Å². The normalized spacial score (nSPS) is 8.08. The van der Waals surface area contributed by atoms with Gasteiger partial charge in [0.15, 0.2) is 0 Å². The average molecular weight is 484 g/mol. The second-order valence-corrected chi connectivity index (χ2v) is 5.29. The van der Waals surface area contributed by atoms with Gasteiger partial charge in [-0.15, -0.1) is 33.0 Å². The molecule has 6 heteroatoms. The van der Waals surface area contributed by atoms with Crippen LogP contribution in [0.5, 0.6) is 0 Å². The van der Waals surface area contributed by atoms with Crippen molar-refractivity contribution < 1.29 is 25.5 Å². The predicted octanol–water partition coefficient (Wildman–Crippen LogP) is 0.353. The molecule has 159 valence electrons. The van der Waals surface area contributed by atoms with E-state index in [-0.39, 0.29) is 56.9 Å². The predicted molar refractivity (Wildman–Crippen MR) is 105 cm³/mol. The van der Waals surface area contributed by atoms with Crippen LogP contribution < -0.4 is 25.5 Å². The first-order chi connectivity index (χ1) is 12.1. The zero-order chi connectivity index (χ0) is 20.6. The van der Waals surface area contributed by atoms with Crippen LogP contribution in [-0.4, -0.2) is 56.9 Å². The van der Waals surface area contributed by atoms with Crippen molar-refractivity contribution in [2.75, 3.05) is 33.0 Å².